The van der Waals surface area contributed by atoms with Gasteiger partial charge in [-0.05, 0) is 51.4 Å². The molecule has 1 rings (SSSR count). The highest BCUT2D eigenvalue weighted by Gasteiger charge is 2.70. The first-order chi connectivity index (χ1) is 11.8. The molecule has 0 aromatic heterocycles. The van der Waals surface area contributed by atoms with Crippen LogP contribution < -0.4 is 0 Å². The second kappa shape index (κ2) is 7.70. The van der Waals surface area contributed by atoms with Crippen molar-refractivity contribution in [3.63, 3.8) is 0 Å². The van der Waals surface area contributed by atoms with E-state index in [9.17, 15) is 39.9 Å². The van der Waals surface area contributed by atoms with E-state index in [1.165, 1.54) is 6.92 Å². The summed E-state index contributed by atoms with van der Waals surface area (Å²) >= 11 is 0. The van der Waals surface area contributed by atoms with Gasteiger partial charge in [0.15, 0.2) is 0 Å². The lowest BCUT2D eigenvalue weighted by atomic mass is 9.82. The summed E-state index contributed by atoms with van der Waals surface area (Å²) in [5.41, 5.74) is -5.68. The molecule has 1 N–H and O–H groups in total. The van der Waals surface area contributed by atoms with Crippen molar-refractivity contribution in [2.45, 2.75) is 88.6 Å². The lowest BCUT2D eigenvalue weighted by molar-refractivity contribution is -0.372. The van der Waals surface area contributed by atoms with E-state index in [0.29, 0.717) is 6.42 Å². The molecule has 0 saturated carbocycles. The largest absolute Gasteiger partial charge is 0.426 e. The van der Waals surface area contributed by atoms with Crippen molar-refractivity contribution in [3.05, 3.63) is 0 Å². The highest BCUT2D eigenvalue weighted by atomic mass is 32.2. The number of rotatable bonds is 7. The maximum atomic E-state index is 12.8. The molecule has 0 radical (unpaired) electrons. The first-order valence-corrected chi connectivity index (χ1v) is 10.1. The Hall–Kier alpha value is -0.550. The van der Waals surface area contributed by atoms with Gasteiger partial charge >= 0.3 is 12.4 Å². The monoisotopic (exact) mass is 428 g/mol. The normalized spacial score (nSPS) is 25.4. The Bertz CT molecular complexity index is 597. The molecule has 1 fully saturated rings. The fourth-order valence-electron chi connectivity index (χ4n) is 3.62. The number of halogens is 6. The molecule has 11 heteroatoms. The van der Waals surface area contributed by atoms with Gasteiger partial charge in [-0.1, -0.05) is 20.3 Å². The molecule has 4 nitrogen and oxygen atoms in total. The maximum Gasteiger partial charge on any atom is 0.426 e. The van der Waals surface area contributed by atoms with Crippen molar-refractivity contribution in [1.82, 2.24) is 0 Å². The zero-order valence-electron chi connectivity index (χ0n) is 15.6. The number of alkyl halides is 6. The third-order valence-electron chi connectivity index (χ3n) is 4.96. The molecule has 0 bridgehead atoms. The number of aliphatic hydroxyl groups is 1. The van der Waals surface area contributed by atoms with E-state index >= 15 is 0 Å². The first-order valence-electron chi connectivity index (χ1n) is 8.65. The molecule has 1 saturated heterocycles. The first kappa shape index (κ1) is 24.5. The van der Waals surface area contributed by atoms with Crippen LogP contribution in [-0.2, 0) is 14.3 Å². The maximum absolute atomic E-state index is 12.8. The van der Waals surface area contributed by atoms with Gasteiger partial charge in [-0.2, -0.15) is 34.8 Å². The lowest BCUT2D eigenvalue weighted by Crippen LogP contribution is -2.57. The SMILES string of the molecule is CCC(CC(C)CC(O)(C(F)(F)F)C(F)(F)F)CC1CC(C)(C)OS1(=O)=O. The van der Waals surface area contributed by atoms with Crippen LogP contribution in [0.3, 0.4) is 0 Å². The van der Waals surface area contributed by atoms with E-state index < -0.39 is 57.2 Å². The highest BCUT2D eigenvalue weighted by molar-refractivity contribution is 7.87. The Labute approximate surface area is 155 Å². The molecule has 27 heavy (non-hydrogen) atoms. The van der Waals surface area contributed by atoms with Crippen LogP contribution >= 0.6 is 0 Å². The number of hydrogen-bond donors (Lipinski definition) is 1. The Morgan fingerprint density at radius 3 is 1.96 bits per heavy atom. The van der Waals surface area contributed by atoms with Crippen molar-refractivity contribution in [3.8, 4) is 0 Å². The van der Waals surface area contributed by atoms with E-state index in [1.54, 1.807) is 20.8 Å². The summed E-state index contributed by atoms with van der Waals surface area (Å²) in [7, 11) is -3.83. The summed E-state index contributed by atoms with van der Waals surface area (Å²) in [6.45, 7) is 6.07. The minimum Gasteiger partial charge on any atom is -0.374 e. The van der Waals surface area contributed by atoms with Gasteiger partial charge in [-0.25, -0.2) is 0 Å². The zero-order chi connectivity index (χ0) is 21.5. The quantitative estimate of drug-likeness (QED) is 0.477. The predicted octanol–water partition coefficient (Wildman–Crippen LogP) is 4.57. The molecule has 0 aliphatic carbocycles. The van der Waals surface area contributed by atoms with Crippen LogP contribution in [0.5, 0.6) is 0 Å². The van der Waals surface area contributed by atoms with Gasteiger partial charge in [0, 0.05) is 0 Å². The molecule has 0 aromatic rings. The molecule has 1 heterocycles. The molecular weight excluding hydrogens is 402 g/mol. The Kier molecular flexibility index (Phi) is 6.98. The fraction of sp³-hybridized carbons (Fsp3) is 1.00. The van der Waals surface area contributed by atoms with Crippen LogP contribution in [-0.4, -0.2) is 42.3 Å². The van der Waals surface area contributed by atoms with Crippen LogP contribution in [0.2, 0.25) is 0 Å². The van der Waals surface area contributed by atoms with Crippen LogP contribution in [0.1, 0.15) is 59.8 Å². The number of hydrogen-bond acceptors (Lipinski definition) is 4. The van der Waals surface area contributed by atoms with Gasteiger partial charge in [0.1, 0.15) is 0 Å². The molecule has 0 spiro atoms. The smallest absolute Gasteiger partial charge is 0.374 e. The lowest BCUT2D eigenvalue weighted by Gasteiger charge is -2.35. The fourth-order valence-corrected chi connectivity index (χ4v) is 5.56. The van der Waals surface area contributed by atoms with Gasteiger partial charge in [0.2, 0.25) is 0 Å². The predicted molar refractivity (Wildman–Crippen MR) is 86.3 cm³/mol. The summed E-state index contributed by atoms with van der Waals surface area (Å²) < 4.78 is 106. The van der Waals surface area contributed by atoms with Crippen LogP contribution in [0.4, 0.5) is 26.3 Å². The Morgan fingerprint density at radius 2 is 1.63 bits per heavy atom. The standard InChI is InChI=1S/C16H26F6O4S/c1-5-11(7-12-9-13(3,4)26-27(12,24)25)6-10(2)8-14(23,15(17,18)19)16(20,21)22/h10-12,23H,5-9H2,1-4H3. The Balaban J connectivity index is 2.86. The minimum absolute atomic E-state index is 0.0720. The van der Waals surface area contributed by atoms with Crippen molar-refractivity contribution in [1.29, 1.82) is 0 Å². The second-order valence-electron chi connectivity index (χ2n) is 8.07. The van der Waals surface area contributed by atoms with Gasteiger partial charge in [0.25, 0.3) is 15.7 Å². The van der Waals surface area contributed by atoms with Gasteiger partial charge < -0.3 is 5.11 Å². The van der Waals surface area contributed by atoms with E-state index in [0.717, 1.165) is 0 Å². The summed E-state index contributed by atoms with van der Waals surface area (Å²) in [5, 5.41) is 8.46. The molecule has 1 aliphatic rings. The summed E-state index contributed by atoms with van der Waals surface area (Å²) in [6, 6.07) is 0. The van der Waals surface area contributed by atoms with E-state index in [4.69, 9.17) is 4.18 Å². The van der Waals surface area contributed by atoms with Crippen LogP contribution in [0.15, 0.2) is 0 Å². The van der Waals surface area contributed by atoms with E-state index in [1.807, 2.05) is 0 Å². The van der Waals surface area contributed by atoms with E-state index in [-0.39, 0.29) is 19.3 Å². The van der Waals surface area contributed by atoms with Gasteiger partial charge in [-0.3, -0.25) is 4.18 Å². The summed E-state index contributed by atoms with van der Waals surface area (Å²) in [5.74, 6) is -1.54. The molecule has 0 amide bonds. The third-order valence-corrected chi connectivity index (χ3v) is 6.82. The zero-order valence-corrected chi connectivity index (χ0v) is 16.4. The Morgan fingerprint density at radius 1 is 1.15 bits per heavy atom. The molecule has 3 atom stereocenters. The topological polar surface area (TPSA) is 63.6 Å². The molecule has 3 unspecified atom stereocenters. The molecular formula is C16H26F6O4S. The van der Waals surface area contributed by atoms with Gasteiger partial charge in [0.05, 0.1) is 10.9 Å². The minimum atomic E-state index is -5.85. The van der Waals surface area contributed by atoms with E-state index in [2.05, 4.69) is 0 Å². The highest BCUT2D eigenvalue weighted by Crippen LogP contribution is 2.47. The van der Waals surface area contributed by atoms with Gasteiger partial charge in [-0.15, -0.1) is 0 Å². The molecule has 0 aromatic carbocycles. The molecule has 162 valence electrons. The third kappa shape index (κ3) is 5.72. The molecule has 1 aliphatic heterocycles. The van der Waals surface area contributed by atoms with Crippen molar-refractivity contribution < 1.29 is 44.0 Å². The van der Waals surface area contributed by atoms with Crippen LogP contribution in [0, 0.1) is 11.8 Å². The van der Waals surface area contributed by atoms with Crippen molar-refractivity contribution in [2.75, 3.05) is 0 Å². The summed E-state index contributed by atoms with van der Waals surface area (Å²) in [6.07, 6.45) is -12.6. The van der Waals surface area contributed by atoms with Crippen molar-refractivity contribution in [2.24, 2.45) is 11.8 Å². The summed E-state index contributed by atoms with van der Waals surface area (Å²) in [4.78, 5) is 0. The second-order valence-corrected chi connectivity index (χ2v) is 9.89. The average Bonchev–Trinajstić information content (AvgIpc) is 2.62. The van der Waals surface area contributed by atoms with Crippen LogP contribution in [0.25, 0.3) is 0 Å². The van der Waals surface area contributed by atoms with Crippen molar-refractivity contribution >= 4 is 10.1 Å². The average molecular weight is 428 g/mol.